The molecule has 2 rings (SSSR count). The lowest BCUT2D eigenvalue weighted by Crippen LogP contribution is -2.42. The van der Waals surface area contributed by atoms with Crippen LogP contribution in [-0.4, -0.2) is 35.7 Å². The third-order valence-corrected chi connectivity index (χ3v) is 3.76. The summed E-state index contributed by atoms with van der Waals surface area (Å²) in [6.07, 6.45) is 3.59. The van der Waals surface area contributed by atoms with Gasteiger partial charge in [0.15, 0.2) is 0 Å². The van der Waals surface area contributed by atoms with Gasteiger partial charge in [-0.05, 0) is 59.2 Å². The molecule has 0 bridgehead atoms. The Bertz CT molecular complexity index is 451. The highest BCUT2D eigenvalue weighted by molar-refractivity contribution is 5.67. The molecule has 1 saturated heterocycles. The minimum absolute atomic E-state index is 0.230. The second-order valence-electron chi connectivity index (χ2n) is 6.61. The first-order chi connectivity index (χ1) is 9.87. The minimum atomic E-state index is -0.457. The zero-order valence-electron chi connectivity index (χ0n) is 13.4. The van der Waals surface area contributed by atoms with E-state index in [0.29, 0.717) is 12.6 Å². The molecule has 2 atom stereocenters. The van der Waals surface area contributed by atoms with Gasteiger partial charge < -0.3 is 14.5 Å². The number of hydrogen-bond acceptors (Lipinski definition) is 4. The first-order valence-electron chi connectivity index (χ1n) is 7.63. The van der Waals surface area contributed by atoms with Gasteiger partial charge >= 0.3 is 6.09 Å². The highest BCUT2D eigenvalue weighted by Gasteiger charge is 2.30. The number of nitrogens with zero attached hydrogens (tertiary/aromatic N) is 1. The number of amides is 1. The van der Waals surface area contributed by atoms with Crippen molar-refractivity contribution in [3.63, 3.8) is 0 Å². The molecule has 1 N–H and O–H groups in total. The lowest BCUT2D eigenvalue weighted by molar-refractivity contribution is 0.0506. The molecule has 5 heteroatoms. The van der Waals surface area contributed by atoms with Gasteiger partial charge in [0.05, 0.1) is 12.3 Å². The summed E-state index contributed by atoms with van der Waals surface area (Å²) in [5, 5.41) is 2.88. The summed E-state index contributed by atoms with van der Waals surface area (Å²) in [6, 6.07) is 4.47. The third kappa shape index (κ3) is 4.49. The van der Waals surface area contributed by atoms with Crippen molar-refractivity contribution < 1.29 is 13.9 Å². The van der Waals surface area contributed by atoms with Crippen LogP contribution in [0.1, 0.15) is 52.3 Å². The van der Waals surface area contributed by atoms with Crippen molar-refractivity contribution in [2.75, 3.05) is 13.1 Å². The predicted octanol–water partition coefficient (Wildman–Crippen LogP) is 3.33. The van der Waals surface area contributed by atoms with Gasteiger partial charge in [0, 0.05) is 12.6 Å². The van der Waals surface area contributed by atoms with Crippen LogP contribution in [0.15, 0.2) is 22.8 Å². The topological polar surface area (TPSA) is 54.7 Å². The normalized spacial score (nSPS) is 21.2. The largest absolute Gasteiger partial charge is 0.468 e. The molecule has 5 nitrogen and oxygen atoms in total. The molecule has 1 amide bonds. The second-order valence-corrected chi connectivity index (χ2v) is 6.61. The Kier molecular flexibility index (Phi) is 4.93. The van der Waals surface area contributed by atoms with Gasteiger partial charge in [-0.25, -0.2) is 4.79 Å². The maximum Gasteiger partial charge on any atom is 0.407 e. The van der Waals surface area contributed by atoms with Gasteiger partial charge in [-0.15, -0.1) is 0 Å². The van der Waals surface area contributed by atoms with Crippen LogP contribution in [0.5, 0.6) is 0 Å². The maximum atomic E-state index is 11.8. The van der Waals surface area contributed by atoms with Crippen LogP contribution in [0.4, 0.5) is 4.79 Å². The standard InChI is InChI=1S/C16H26N2O3/c1-12(14-8-6-10-20-14)18-9-5-7-13(18)11-17-15(19)21-16(2,3)4/h6,8,10,12-13H,5,7,9,11H2,1-4H3,(H,17,19)/t12-,13+/m1/s1. The Labute approximate surface area is 126 Å². The van der Waals surface area contributed by atoms with Crippen molar-refractivity contribution in [1.82, 2.24) is 10.2 Å². The summed E-state index contributed by atoms with van der Waals surface area (Å²) in [4.78, 5) is 14.1. The van der Waals surface area contributed by atoms with E-state index in [1.807, 2.05) is 32.9 Å². The van der Waals surface area contributed by atoms with E-state index in [1.54, 1.807) is 6.26 Å². The van der Waals surface area contributed by atoms with Crippen LogP contribution in [-0.2, 0) is 4.74 Å². The molecule has 1 aliphatic heterocycles. The molecule has 0 radical (unpaired) electrons. The molecule has 0 spiro atoms. The Balaban J connectivity index is 1.86. The van der Waals surface area contributed by atoms with Gasteiger partial charge in [-0.3, -0.25) is 4.90 Å². The van der Waals surface area contributed by atoms with E-state index in [-0.39, 0.29) is 12.1 Å². The van der Waals surface area contributed by atoms with Crippen LogP contribution in [0.25, 0.3) is 0 Å². The number of likely N-dealkylation sites (tertiary alicyclic amines) is 1. The lowest BCUT2D eigenvalue weighted by atomic mass is 10.1. The van der Waals surface area contributed by atoms with Crippen LogP contribution in [0, 0.1) is 0 Å². The van der Waals surface area contributed by atoms with Gasteiger partial charge in [-0.1, -0.05) is 0 Å². The highest BCUT2D eigenvalue weighted by atomic mass is 16.6. The molecule has 0 aliphatic carbocycles. The molecule has 0 saturated carbocycles. The maximum absolute atomic E-state index is 11.8. The summed E-state index contributed by atoms with van der Waals surface area (Å²) in [5.41, 5.74) is -0.457. The number of nitrogens with one attached hydrogen (secondary N) is 1. The minimum Gasteiger partial charge on any atom is -0.468 e. The number of rotatable bonds is 4. The van der Waals surface area contributed by atoms with Gasteiger partial charge in [0.25, 0.3) is 0 Å². The summed E-state index contributed by atoms with van der Waals surface area (Å²) in [6.45, 7) is 9.39. The number of hydrogen-bond donors (Lipinski definition) is 1. The van der Waals surface area contributed by atoms with Crippen molar-refractivity contribution in [2.24, 2.45) is 0 Å². The van der Waals surface area contributed by atoms with Crippen molar-refractivity contribution in [3.05, 3.63) is 24.2 Å². The summed E-state index contributed by atoms with van der Waals surface area (Å²) < 4.78 is 10.8. The zero-order chi connectivity index (χ0) is 15.5. The molecule has 1 aromatic heterocycles. The molecule has 1 fully saturated rings. The summed E-state index contributed by atoms with van der Waals surface area (Å²) in [5.74, 6) is 0.971. The van der Waals surface area contributed by atoms with Crippen molar-refractivity contribution in [3.8, 4) is 0 Å². The fraction of sp³-hybridized carbons (Fsp3) is 0.688. The zero-order valence-corrected chi connectivity index (χ0v) is 13.4. The van der Waals surface area contributed by atoms with Crippen molar-refractivity contribution in [2.45, 2.75) is 58.2 Å². The number of furan rings is 1. The van der Waals surface area contributed by atoms with Crippen molar-refractivity contribution >= 4 is 6.09 Å². The van der Waals surface area contributed by atoms with E-state index in [2.05, 4.69) is 17.1 Å². The summed E-state index contributed by atoms with van der Waals surface area (Å²) in [7, 11) is 0. The molecule has 0 aromatic carbocycles. The van der Waals surface area contributed by atoms with E-state index in [4.69, 9.17) is 9.15 Å². The summed E-state index contributed by atoms with van der Waals surface area (Å²) >= 11 is 0. The van der Waals surface area contributed by atoms with Crippen LogP contribution < -0.4 is 5.32 Å². The fourth-order valence-electron chi connectivity index (χ4n) is 2.79. The molecule has 1 aromatic rings. The van der Waals surface area contributed by atoms with E-state index in [0.717, 1.165) is 25.1 Å². The van der Waals surface area contributed by atoms with Gasteiger partial charge in [0.1, 0.15) is 11.4 Å². The molecule has 118 valence electrons. The van der Waals surface area contributed by atoms with Crippen LogP contribution in [0.3, 0.4) is 0 Å². The first-order valence-corrected chi connectivity index (χ1v) is 7.63. The SMILES string of the molecule is C[C@H](c1ccco1)N1CCC[C@H]1CNC(=O)OC(C)(C)C. The Morgan fingerprint density at radius 3 is 2.95 bits per heavy atom. The number of ether oxygens (including phenoxy) is 1. The first kappa shape index (κ1) is 15.9. The molecule has 1 aliphatic rings. The monoisotopic (exact) mass is 294 g/mol. The molecule has 21 heavy (non-hydrogen) atoms. The van der Waals surface area contributed by atoms with Crippen LogP contribution in [0.2, 0.25) is 0 Å². The Morgan fingerprint density at radius 2 is 2.33 bits per heavy atom. The van der Waals surface area contributed by atoms with Crippen LogP contribution >= 0.6 is 0 Å². The van der Waals surface area contributed by atoms with E-state index in [9.17, 15) is 4.79 Å². The Morgan fingerprint density at radius 1 is 1.57 bits per heavy atom. The highest BCUT2D eigenvalue weighted by Crippen LogP contribution is 2.29. The smallest absolute Gasteiger partial charge is 0.407 e. The van der Waals surface area contributed by atoms with E-state index in [1.165, 1.54) is 0 Å². The average molecular weight is 294 g/mol. The fourth-order valence-corrected chi connectivity index (χ4v) is 2.79. The molecule has 0 unspecified atom stereocenters. The van der Waals surface area contributed by atoms with E-state index >= 15 is 0 Å². The second kappa shape index (κ2) is 6.52. The van der Waals surface area contributed by atoms with E-state index < -0.39 is 5.60 Å². The third-order valence-electron chi connectivity index (χ3n) is 3.76. The van der Waals surface area contributed by atoms with Gasteiger partial charge in [0.2, 0.25) is 0 Å². The number of carbonyl (C=O) groups excluding carboxylic acids is 1. The molecular formula is C16H26N2O3. The lowest BCUT2D eigenvalue weighted by Gasteiger charge is -2.30. The molecule has 2 heterocycles. The predicted molar refractivity (Wildman–Crippen MR) is 81.1 cm³/mol. The average Bonchev–Trinajstić information content (AvgIpc) is 3.05. The van der Waals surface area contributed by atoms with Gasteiger partial charge in [-0.2, -0.15) is 0 Å². The Hall–Kier alpha value is -1.49. The molecular weight excluding hydrogens is 268 g/mol. The number of carbonyl (C=O) groups is 1. The quantitative estimate of drug-likeness (QED) is 0.925. The number of alkyl carbamates (subject to hydrolysis) is 1. The van der Waals surface area contributed by atoms with Crippen molar-refractivity contribution in [1.29, 1.82) is 0 Å².